The zero-order chi connectivity index (χ0) is 23.2. The van der Waals surface area contributed by atoms with Crippen molar-refractivity contribution in [1.29, 1.82) is 0 Å². The molecule has 0 unspecified atom stereocenters. The Labute approximate surface area is 197 Å². The Kier molecular flexibility index (Phi) is 5.38. The number of halogens is 1. The number of sulfonamides is 1. The van der Waals surface area contributed by atoms with Gasteiger partial charge in [-0.2, -0.15) is 0 Å². The smallest absolute Gasteiger partial charge is 0.335 e. The van der Waals surface area contributed by atoms with Crippen LogP contribution in [0.15, 0.2) is 83.8 Å². The quantitative estimate of drug-likeness (QED) is 0.409. The highest BCUT2D eigenvalue weighted by Crippen LogP contribution is 2.50. The lowest BCUT2D eigenvalue weighted by molar-refractivity contribution is 0.0697. The molecule has 1 aliphatic carbocycles. The van der Waals surface area contributed by atoms with E-state index in [0.717, 1.165) is 23.2 Å². The first-order valence-corrected chi connectivity index (χ1v) is 12.4. The number of hydrogen-bond acceptors (Lipinski definition) is 4. The van der Waals surface area contributed by atoms with Gasteiger partial charge in [-0.3, -0.25) is 4.72 Å². The molecule has 168 valence electrons. The lowest BCUT2D eigenvalue weighted by Crippen LogP contribution is -2.29. The van der Waals surface area contributed by atoms with Gasteiger partial charge >= 0.3 is 5.97 Å². The van der Waals surface area contributed by atoms with Crippen molar-refractivity contribution in [2.75, 3.05) is 10.0 Å². The van der Waals surface area contributed by atoms with E-state index in [2.05, 4.69) is 28.3 Å². The predicted molar refractivity (Wildman–Crippen MR) is 128 cm³/mol. The molecule has 3 atom stereocenters. The summed E-state index contributed by atoms with van der Waals surface area (Å²) in [7, 11) is -3.85. The molecule has 3 N–H and O–H groups in total. The molecule has 3 aromatic rings. The number of carboxylic acid groups (broad SMARTS) is 1. The predicted octanol–water partition coefficient (Wildman–Crippen LogP) is 5.67. The van der Waals surface area contributed by atoms with Crippen LogP contribution in [-0.2, 0) is 10.0 Å². The average Bonchev–Trinajstić information content (AvgIpc) is 3.28. The molecule has 0 radical (unpaired) electrons. The second kappa shape index (κ2) is 8.24. The summed E-state index contributed by atoms with van der Waals surface area (Å²) in [5.41, 5.74) is 3.34. The van der Waals surface area contributed by atoms with Gasteiger partial charge in [0.1, 0.15) is 0 Å². The lowest BCUT2D eigenvalue weighted by Gasteiger charge is -2.37. The van der Waals surface area contributed by atoms with Crippen molar-refractivity contribution in [3.05, 3.63) is 101 Å². The Balaban J connectivity index is 1.45. The maximum Gasteiger partial charge on any atom is 0.335 e. The molecule has 0 amide bonds. The van der Waals surface area contributed by atoms with Crippen molar-refractivity contribution in [3.63, 3.8) is 0 Å². The Morgan fingerprint density at radius 2 is 1.85 bits per heavy atom. The molecule has 3 aromatic carbocycles. The number of carboxylic acids is 1. The third-order valence-electron chi connectivity index (χ3n) is 6.24. The number of aromatic carboxylic acids is 1. The topological polar surface area (TPSA) is 95.5 Å². The summed E-state index contributed by atoms with van der Waals surface area (Å²) in [5, 5.41) is 13.3. The summed E-state index contributed by atoms with van der Waals surface area (Å²) in [6.07, 6.45) is 5.18. The highest BCUT2D eigenvalue weighted by Gasteiger charge is 2.38. The highest BCUT2D eigenvalue weighted by molar-refractivity contribution is 7.92. The molecular weight excluding hydrogens is 460 g/mol. The van der Waals surface area contributed by atoms with E-state index in [1.54, 1.807) is 18.2 Å². The number of anilines is 2. The van der Waals surface area contributed by atoms with Crippen LogP contribution in [0.5, 0.6) is 0 Å². The maximum absolute atomic E-state index is 13.0. The molecule has 0 spiro atoms. The molecule has 6 nitrogen and oxygen atoms in total. The first-order valence-electron chi connectivity index (χ1n) is 10.5. The summed E-state index contributed by atoms with van der Waals surface area (Å²) in [6, 6.07) is 18.6. The van der Waals surface area contributed by atoms with E-state index in [9.17, 15) is 13.2 Å². The first-order chi connectivity index (χ1) is 15.8. The van der Waals surface area contributed by atoms with Crippen LogP contribution in [0.25, 0.3) is 0 Å². The van der Waals surface area contributed by atoms with E-state index < -0.39 is 16.0 Å². The van der Waals surface area contributed by atoms with Crippen LogP contribution in [0.4, 0.5) is 11.4 Å². The van der Waals surface area contributed by atoms with E-state index in [-0.39, 0.29) is 28.3 Å². The van der Waals surface area contributed by atoms with E-state index in [4.69, 9.17) is 16.7 Å². The number of benzene rings is 3. The van der Waals surface area contributed by atoms with E-state index in [1.165, 1.54) is 24.3 Å². The number of fused-ring (bicyclic) bond motifs is 3. The molecule has 0 aromatic heterocycles. The van der Waals surface area contributed by atoms with E-state index in [1.807, 2.05) is 18.2 Å². The second-order valence-corrected chi connectivity index (χ2v) is 10.4. The Bertz CT molecular complexity index is 1370. The number of nitrogens with one attached hydrogen (secondary N) is 2. The minimum absolute atomic E-state index is 0.0736. The molecule has 2 aliphatic rings. The van der Waals surface area contributed by atoms with Gasteiger partial charge in [-0.1, -0.05) is 35.9 Å². The monoisotopic (exact) mass is 480 g/mol. The van der Waals surface area contributed by atoms with E-state index >= 15 is 0 Å². The molecule has 1 heterocycles. The summed E-state index contributed by atoms with van der Waals surface area (Å²) in [4.78, 5) is 11.2. The summed E-state index contributed by atoms with van der Waals surface area (Å²) in [6.45, 7) is 0. The number of carbonyl (C=O) groups is 1. The number of hydrogen-bond donors (Lipinski definition) is 3. The largest absolute Gasteiger partial charge is 0.478 e. The Morgan fingerprint density at radius 1 is 1.06 bits per heavy atom. The number of allylic oxidation sites excluding steroid dienone is 2. The zero-order valence-corrected chi connectivity index (χ0v) is 19.0. The van der Waals surface area contributed by atoms with Crippen LogP contribution in [0.3, 0.4) is 0 Å². The molecule has 0 fully saturated rings. The first kappa shape index (κ1) is 21.6. The lowest BCUT2D eigenvalue weighted by atomic mass is 9.77. The van der Waals surface area contributed by atoms with Crippen molar-refractivity contribution < 1.29 is 18.3 Å². The van der Waals surface area contributed by atoms with Crippen molar-refractivity contribution in [3.8, 4) is 0 Å². The molecule has 1 aliphatic heterocycles. The van der Waals surface area contributed by atoms with Crippen LogP contribution >= 0.6 is 11.6 Å². The van der Waals surface area contributed by atoms with Crippen molar-refractivity contribution >= 4 is 39.0 Å². The summed E-state index contributed by atoms with van der Waals surface area (Å²) < 4.78 is 28.6. The molecule has 0 bridgehead atoms. The van der Waals surface area contributed by atoms with Gasteiger partial charge in [0.15, 0.2) is 0 Å². The summed E-state index contributed by atoms with van der Waals surface area (Å²) in [5.74, 6) is -0.720. The van der Waals surface area contributed by atoms with Gasteiger partial charge in [-0.05, 0) is 78.1 Å². The summed E-state index contributed by atoms with van der Waals surface area (Å²) >= 11 is 6.22. The van der Waals surface area contributed by atoms with Crippen LogP contribution < -0.4 is 10.0 Å². The average molecular weight is 481 g/mol. The minimum atomic E-state index is -3.85. The van der Waals surface area contributed by atoms with Crippen LogP contribution in [0.2, 0.25) is 5.02 Å². The van der Waals surface area contributed by atoms with Gasteiger partial charge in [0.25, 0.3) is 10.0 Å². The Morgan fingerprint density at radius 3 is 2.58 bits per heavy atom. The van der Waals surface area contributed by atoms with Gasteiger partial charge in [-0.15, -0.1) is 0 Å². The van der Waals surface area contributed by atoms with Crippen molar-refractivity contribution in [1.82, 2.24) is 0 Å². The molecule has 0 saturated carbocycles. The highest BCUT2D eigenvalue weighted by atomic mass is 35.5. The van der Waals surface area contributed by atoms with Gasteiger partial charge in [-0.25, -0.2) is 13.2 Å². The third-order valence-corrected chi connectivity index (χ3v) is 7.85. The van der Waals surface area contributed by atoms with Crippen LogP contribution in [0.1, 0.15) is 39.9 Å². The van der Waals surface area contributed by atoms with Gasteiger partial charge in [0.2, 0.25) is 0 Å². The van der Waals surface area contributed by atoms with Crippen molar-refractivity contribution in [2.24, 2.45) is 5.92 Å². The maximum atomic E-state index is 13.0. The molecule has 8 heteroatoms. The standard InChI is InChI=1S/C25H21ClN2O4S/c26-17-4-1-3-16(13-17)24-21-6-2-5-20(21)22-14-19(11-12-23(22)27-24)33(31,32)28-18-9-7-15(8-10-18)25(29)30/h1-5,7-14,20-21,24,27-28H,6H2,(H,29,30)/t20-,21+,24+/m0/s1. The van der Waals surface area contributed by atoms with Crippen LogP contribution in [0, 0.1) is 5.92 Å². The van der Waals surface area contributed by atoms with Gasteiger partial charge in [0, 0.05) is 22.3 Å². The van der Waals surface area contributed by atoms with E-state index in [0.29, 0.717) is 10.7 Å². The fraction of sp³-hybridized carbons (Fsp3) is 0.160. The fourth-order valence-corrected chi connectivity index (χ4v) is 5.96. The van der Waals surface area contributed by atoms with Gasteiger partial charge in [0.05, 0.1) is 16.5 Å². The zero-order valence-electron chi connectivity index (χ0n) is 17.4. The molecule has 0 saturated heterocycles. The molecule has 5 rings (SSSR count). The minimum Gasteiger partial charge on any atom is -0.478 e. The van der Waals surface area contributed by atoms with Crippen molar-refractivity contribution in [2.45, 2.75) is 23.3 Å². The molecular formula is C25H21ClN2O4S. The Hall–Kier alpha value is -3.29. The van der Waals surface area contributed by atoms with Crippen LogP contribution in [-0.4, -0.2) is 19.5 Å². The van der Waals surface area contributed by atoms with Gasteiger partial charge < -0.3 is 10.4 Å². The fourth-order valence-electron chi connectivity index (χ4n) is 4.66. The SMILES string of the molecule is O=C(O)c1ccc(NS(=O)(=O)c2ccc3c(c2)[C@H]2C=CC[C@H]2[C@@H](c2cccc(Cl)c2)N3)cc1. The number of rotatable bonds is 5. The normalized spacial score (nSPS) is 21.1. The molecule has 33 heavy (non-hydrogen) atoms. The second-order valence-electron chi connectivity index (χ2n) is 8.27. The third kappa shape index (κ3) is 4.10.